The van der Waals surface area contributed by atoms with Gasteiger partial charge in [0.2, 0.25) is 0 Å². The highest BCUT2D eigenvalue weighted by Gasteiger charge is 2.19. The van der Waals surface area contributed by atoms with Gasteiger partial charge in [-0.3, -0.25) is 0 Å². The van der Waals surface area contributed by atoms with Gasteiger partial charge < -0.3 is 11.1 Å². The molecule has 1 saturated carbocycles. The highest BCUT2D eigenvalue weighted by molar-refractivity contribution is 7.18. The van der Waals surface area contributed by atoms with Crippen LogP contribution < -0.4 is 11.1 Å². The highest BCUT2D eigenvalue weighted by atomic mass is 32.1. The Morgan fingerprint density at radius 1 is 1.44 bits per heavy atom. The molecule has 3 N–H and O–H groups in total. The summed E-state index contributed by atoms with van der Waals surface area (Å²) in [7, 11) is 0. The summed E-state index contributed by atoms with van der Waals surface area (Å²) in [5.74, 6) is 1.01. The van der Waals surface area contributed by atoms with Gasteiger partial charge in [-0.2, -0.15) is 0 Å². The zero-order valence-corrected chi connectivity index (χ0v) is 11.5. The largest absolute Gasteiger partial charge is 0.397 e. The van der Waals surface area contributed by atoms with Crippen molar-refractivity contribution >= 4 is 32.9 Å². The normalized spacial score (nSPS) is 15.2. The molecule has 0 unspecified atom stereocenters. The van der Waals surface area contributed by atoms with Crippen LogP contribution >= 0.6 is 11.3 Å². The molecule has 0 amide bonds. The molecule has 0 radical (unpaired) electrons. The van der Waals surface area contributed by atoms with Gasteiger partial charge in [-0.05, 0) is 37.8 Å². The van der Waals surface area contributed by atoms with Crippen LogP contribution in [0, 0.1) is 12.8 Å². The van der Waals surface area contributed by atoms with E-state index in [-0.39, 0.29) is 0 Å². The van der Waals surface area contributed by atoms with E-state index < -0.39 is 0 Å². The first-order valence-electron chi connectivity index (χ1n) is 6.63. The number of aryl methyl sites for hydroxylation is 1. The van der Waals surface area contributed by atoms with Gasteiger partial charge in [0.15, 0.2) is 0 Å². The second-order valence-corrected chi connectivity index (χ2v) is 6.39. The molecule has 1 aliphatic rings. The second kappa shape index (κ2) is 4.76. The van der Waals surface area contributed by atoms with E-state index in [1.165, 1.54) is 30.4 Å². The fourth-order valence-electron chi connectivity index (χ4n) is 2.28. The third kappa shape index (κ3) is 2.58. The maximum Gasteiger partial charge on any atom is 0.0907 e. The SMILES string of the molecule is Cc1nc2cc(NCCCC3CC3)c(N)cc2s1. The van der Waals surface area contributed by atoms with Crippen molar-refractivity contribution in [1.29, 1.82) is 0 Å². The monoisotopic (exact) mass is 261 g/mol. The number of aromatic nitrogens is 1. The first-order chi connectivity index (χ1) is 8.72. The Hall–Kier alpha value is -1.29. The number of nitrogens with two attached hydrogens (primary N) is 1. The van der Waals surface area contributed by atoms with Crippen molar-refractivity contribution in [2.24, 2.45) is 5.92 Å². The predicted octanol–water partition coefficient (Wildman–Crippen LogP) is 3.79. The lowest BCUT2D eigenvalue weighted by atomic mass is 10.2. The van der Waals surface area contributed by atoms with Crippen LogP contribution in [0.1, 0.15) is 30.7 Å². The van der Waals surface area contributed by atoms with Crippen LogP contribution in [0.5, 0.6) is 0 Å². The molecule has 0 atom stereocenters. The summed E-state index contributed by atoms with van der Waals surface area (Å²) in [6, 6.07) is 4.11. The summed E-state index contributed by atoms with van der Waals surface area (Å²) < 4.78 is 1.17. The number of nitrogens with one attached hydrogen (secondary N) is 1. The smallest absolute Gasteiger partial charge is 0.0907 e. The number of thiazole rings is 1. The van der Waals surface area contributed by atoms with Gasteiger partial charge in [-0.1, -0.05) is 12.8 Å². The zero-order valence-electron chi connectivity index (χ0n) is 10.7. The van der Waals surface area contributed by atoms with Gasteiger partial charge >= 0.3 is 0 Å². The predicted molar refractivity (Wildman–Crippen MR) is 79.2 cm³/mol. The van der Waals surface area contributed by atoms with E-state index in [9.17, 15) is 0 Å². The van der Waals surface area contributed by atoms with E-state index in [4.69, 9.17) is 5.73 Å². The number of nitrogens with zero attached hydrogens (tertiary/aromatic N) is 1. The third-order valence-corrected chi connectivity index (χ3v) is 4.40. The molecule has 96 valence electrons. The Kier molecular flexibility index (Phi) is 3.12. The Bertz CT molecular complexity index is 557. The van der Waals surface area contributed by atoms with Crippen molar-refractivity contribution in [3.63, 3.8) is 0 Å². The van der Waals surface area contributed by atoms with Crippen LogP contribution in [0.4, 0.5) is 11.4 Å². The lowest BCUT2D eigenvalue weighted by Gasteiger charge is -2.09. The van der Waals surface area contributed by atoms with E-state index in [1.54, 1.807) is 11.3 Å². The Labute approximate surface area is 111 Å². The molecule has 1 aromatic heterocycles. The number of anilines is 2. The molecule has 3 nitrogen and oxygen atoms in total. The molecular weight excluding hydrogens is 242 g/mol. The number of nitrogen functional groups attached to an aromatic ring is 1. The van der Waals surface area contributed by atoms with E-state index in [0.717, 1.165) is 34.4 Å². The quantitative estimate of drug-likeness (QED) is 0.636. The van der Waals surface area contributed by atoms with E-state index in [2.05, 4.69) is 16.4 Å². The molecule has 4 heteroatoms. The summed E-state index contributed by atoms with van der Waals surface area (Å²) in [6.45, 7) is 3.04. The number of hydrogen-bond acceptors (Lipinski definition) is 4. The van der Waals surface area contributed by atoms with Crippen molar-refractivity contribution in [3.8, 4) is 0 Å². The molecule has 0 spiro atoms. The lowest BCUT2D eigenvalue weighted by molar-refractivity contribution is 0.687. The molecular formula is C14H19N3S. The third-order valence-electron chi connectivity index (χ3n) is 3.47. The minimum absolute atomic E-state index is 0.831. The summed E-state index contributed by atoms with van der Waals surface area (Å²) in [5.41, 5.74) is 8.98. The summed E-state index contributed by atoms with van der Waals surface area (Å²) >= 11 is 1.70. The maximum absolute atomic E-state index is 6.07. The Balaban J connectivity index is 1.67. The molecule has 0 saturated heterocycles. The van der Waals surface area contributed by atoms with Gasteiger partial charge in [-0.25, -0.2) is 4.98 Å². The van der Waals surface area contributed by atoms with Gasteiger partial charge in [0.05, 0.1) is 26.6 Å². The van der Waals surface area contributed by atoms with Crippen LogP contribution in [0.2, 0.25) is 0 Å². The molecule has 2 aromatic rings. The fourth-order valence-corrected chi connectivity index (χ4v) is 3.14. The van der Waals surface area contributed by atoms with Crippen LogP contribution in [-0.4, -0.2) is 11.5 Å². The van der Waals surface area contributed by atoms with E-state index in [1.807, 2.05) is 13.0 Å². The minimum Gasteiger partial charge on any atom is -0.397 e. The maximum atomic E-state index is 6.07. The van der Waals surface area contributed by atoms with Gasteiger partial charge in [0.1, 0.15) is 0 Å². The molecule has 0 bridgehead atoms. The van der Waals surface area contributed by atoms with Crippen molar-refractivity contribution in [1.82, 2.24) is 4.98 Å². The number of fused-ring (bicyclic) bond motifs is 1. The first-order valence-corrected chi connectivity index (χ1v) is 7.44. The van der Waals surface area contributed by atoms with Crippen LogP contribution in [0.15, 0.2) is 12.1 Å². The topological polar surface area (TPSA) is 50.9 Å². The molecule has 0 aliphatic heterocycles. The van der Waals surface area contributed by atoms with Gasteiger partial charge in [0.25, 0.3) is 0 Å². The molecule has 1 aliphatic carbocycles. The van der Waals surface area contributed by atoms with Crippen molar-refractivity contribution in [2.45, 2.75) is 32.6 Å². The Morgan fingerprint density at radius 2 is 2.28 bits per heavy atom. The Morgan fingerprint density at radius 3 is 3.06 bits per heavy atom. The molecule has 1 fully saturated rings. The summed E-state index contributed by atoms with van der Waals surface area (Å²) in [4.78, 5) is 4.50. The van der Waals surface area contributed by atoms with Gasteiger partial charge in [0, 0.05) is 6.54 Å². The van der Waals surface area contributed by atoms with Crippen molar-refractivity contribution in [2.75, 3.05) is 17.6 Å². The average molecular weight is 261 g/mol. The number of hydrogen-bond donors (Lipinski definition) is 2. The van der Waals surface area contributed by atoms with Crippen LogP contribution in [0.3, 0.4) is 0 Å². The second-order valence-electron chi connectivity index (χ2n) is 5.15. The van der Waals surface area contributed by atoms with E-state index in [0.29, 0.717) is 0 Å². The zero-order chi connectivity index (χ0) is 12.5. The number of rotatable bonds is 5. The molecule has 3 rings (SSSR count). The van der Waals surface area contributed by atoms with Crippen molar-refractivity contribution in [3.05, 3.63) is 17.1 Å². The fraction of sp³-hybridized carbons (Fsp3) is 0.500. The highest BCUT2D eigenvalue weighted by Crippen LogP contribution is 2.33. The van der Waals surface area contributed by atoms with Gasteiger partial charge in [-0.15, -0.1) is 11.3 Å². The average Bonchev–Trinajstić information content (AvgIpc) is 3.07. The summed E-state index contributed by atoms with van der Waals surface area (Å²) in [6.07, 6.45) is 5.46. The standard InChI is InChI=1S/C14H19N3S/c1-9-17-13-8-12(11(15)7-14(13)18-9)16-6-2-3-10-4-5-10/h7-8,10,16H,2-6,15H2,1H3. The number of benzene rings is 1. The van der Waals surface area contributed by atoms with Crippen molar-refractivity contribution < 1.29 is 0 Å². The molecule has 18 heavy (non-hydrogen) atoms. The molecule has 1 aromatic carbocycles. The minimum atomic E-state index is 0.831. The van der Waals surface area contributed by atoms with E-state index >= 15 is 0 Å². The van der Waals surface area contributed by atoms with Crippen LogP contribution in [0.25, 0.3) is 10.2 Å². The first kappa shape index (κ1) is 11.8. The summed E-state index contributed by atoms with van der Waals surface area (Å²) in [5, 5.41) is 4.53. The molecule has 1 heterocycles. The van der Waals surface area contributed by atoms with Crippen LogP contribution in [-0.2, 0) is 0 Å². The lowest BCUT2D eigenvalue weighted by Crippen LogP contribution is -2.04.